The summed E-state index contributed by atoms with van der Waals surface area (Å²) in [5.41, 5.74) is 7.02. The van der Waals surface area contributed by atoms with E-state index in [9.17, 15) is 0 Å². The summed E-state index contributed by atoms with van der Waals surface area (Å²) in [4.78, 5) is 5.58. The minimum absolute atomic E-state index is 0. The molecule has 0 amide bonds. The third-order valence-corrected chi connectivity index (χ3v) is 2.87. The number of rotatable bonds is 2. The van der Waals surface area contributed by atoms with Crippen LogP contribution in [0.4, 0.5) is 0 Å². The van der Waals surface area contributed by atoms with Gasteiger partial charge in [0, 0.05) is 10.4 Å². The first kappa shape index (κ1) is 15.7. The molecule has 0 aliphatic rings. The van der Waals surface area contributed by atoms with Gasteiger partial charge in [-0.15, -0.1) is 35.3 Å². The molecule has 0 aromatic carbocycles. The van der Waals surface area contributed by atoms with E-state index in [0.717, 1.165) is 0 Å². The molecule has 0 atom stereocenters. The van der Waals surface area contributed by atoms with Gasteiger partial charge in [0.15, 0.2) is 5.96 Å². The van der Waals surface area contributed by atoms with Crippen LogP contribution in [0, 0.1) is 6.92 Å². The molecule has 0 aliphatic heterocycles. The van der Waals surface area contributed by atoms with E-state index in [-0.39, 0.29) is 29.5 Å². The van der Waals surface area contributed by atoms with Crippen LogP contribution in [0.15, 0.2) is 16.4 Å². The average Bonchev–Trinajstić information content (AvgIpc) is 2.44. The Kier molecular flexibility index (Phi) is 6.32. The van der Waals surface area contributed by atoms with Crippen molar-refractivity contribution in [1.82, 2.24) is 5.32 Å². The van der Waals surface area contributed by atoms with E-state index in [1.165, 1.54) is 10.4 Å². The van der Waals surface area contributed by atoms with Gasteiger partial charge in [-0.3, -0.25) is 0 Å². The minimum Gasteiger partial charge on any atom is -0.370 e. The van der Waals surface area contributed by atoms with Gasteiger partial charge >= 0.3 is 0 Å². The second-order valence-corrected chi connectivity index (χ2v) is 5.60. The summed E-state index contributed by atoms with van der Waals surface area (Å²) in [6.07, 6.45) is 0. The Morgan fingerprint density at radius 3 is 2.56 bits per heavy atom. The number of guanidine groups is 1. The van der Waals surface area contributed by atoms with E-state index in [1.807, 2.05) is 0 Å². The van der Waals surface area contributed by atoms with Gasteiger partial charge in [0.05, 0.1) is 6.54 Å². The zero-order chi connectivity index (χ0) is 11.5. The fourth-order valence-corrected chi connectivity index (χ4v) is 1.98. The lowest BCUT2D eigenvalue weighted by molar-refractivity contribution is 0.508. The molecule has 3 N–H and O–H groups in total. The molecular formula is C11H20IN3S. The Bertz CT molecular complexity index is 352. The molecule has 0 fully saturated rings. The number of thiophene rings is 1. The number of aliphatic imine (C=N–C) groups is 1. The van der Waals surface area contributed by atoms with Gasteiger partial charge in [0.25, 0.3) is 0 Å². The van der Waals surface area contributed by atoms with Crippen molar-refractivity contribution in [3.8, 4) is 0 Å². The fraction of sp³-hybridized carbons (Fsp3) is 0.545. The highest BCUT2D eigenvalue weighted by atomic mass is 127. The van der Waals surface area contributed by atoms with Crippen LogP contribution in [0.5, 0.6) is 0 Å². The maximum Gasteiger partial charge on any atom is 0.189 e. The molecule has 92 valence electrons. The summed E-state index contributed by atoms with van der Waals surface area (Å²) in [7, 11) is 0. The van der Waals surface area contributed by atoms with Crippen molar-refractivity contribution in [2.75, 3.05) is 0 Å². The highest BCUT2D eigenvalue weighted by Gasteiger charge is 2.09. The smallest absolute Gasteiger partial charge is 0.189 e. The third kappa shape index (κ3) is 5.69. The standard InChI is InChI=1S/C11H19N3S.HI/c1-8-5-6-15-9(8)7-13-10(12)14-11(2,3)4;/h5-6H,7H2,1-4H3,(H3,12,13,14);1H. The highest BCUT2D eigenvalue weighted by Crippen LogP contribution is 2.16. The number of halogens is 1. The maximum absolute atomic E-state index is 5.77. The van der Waals surface area contributed by atoms with Crippen molar-refractivity contribution in [1.29, 1.82) is 0 Å². The first-order valence-electron chi connectivity index (χ1n) is 4.99. The predicted molar refractivity (Wildman–Crippen MR) is 82.7 cm³/mol. The monoisotopic (exact) mass is 353 g/mol. The Labute approximate surface area is 119 Å². The van der Waals surface area contributed by atoms with E-state index in [1.54, 1.807) is 11.3 Å². The molecule has 0 unspecified atom stereocenters. The molecule has 1 aromatic heterocycles. The molecule has 16 heavy (non-hydrogen) atoms. The zero-order valence-electron chi connectivity index (χ0n) is 10.2. The molecule has 1 rings (SSSR count). The van der Waals surface area contributed by atoms with Gasteiger partial charge in [-0.05, 0) is 44.7 Å². The van der Waals surface area contributed by atoms with Crippen molar-refractivity contribution in [3.63, 3.8) is 0 Å². The summed E-state index contributed by atoms with van der Waals surface area (Å²) in [5.74, 6) is 0.510. The second-order valence-electron chi connectivity index (χ2n) is 4.60. The topological polar surface area (TPSA) is 50.4 Å². The summed E-state index contributed by atoms with van der Waals surface area (Å²) in [6.45, 7) is 8.94. The number of aryl methyl sites for hydroxylation is 1. The maximum atomic E-state index is 5.77. The van der Waals surface area contributed by atoms with Crippen molar-refractivity contribution in [3.05, 3.63) is 21.9 Å². The first-order chi connectivity index (χ1) is 6.88. The van der Waals surface area contributed by atoms with Crippen molar-refractivity contribution >= 4 is 41.3 Å². The molecular weight excluding hydrogens is 333 g/mol. The normalized spacial score (nSPS) is 12.1. The van der Waals surface area contributed by atoms with Crippen LogP contribution in [-0.4, -0.2) is 11.5 Å². The predicted octanol–water partition coefficient (Wildman–Crippen LogP) is 2.88. The van der Waals surface area contributed by atoms with Gasteiger partial charge in [-0.2, -0.15) is 0 Å². The molecule has 1 aromatic rings. The van der Waals surface area contributed by atoms with Crippen LogP contribution in [0.1, 0.15) is 31.2 Å². The summed E-state index contributed by atoms with van der Waals surface area (Å²) >= 11 is 1.72. The molecule has 0 saturated carbocycles. The zero-order valence-corrected chi connectivity index (χ0v) is 13.3. The summed E-state index contributed by atoms with van der Waals surface area (Å²) < 4.78 is 0. The molecule has 1 heterocycles. The van der Waals surface area contributed by atoms with Crippen LogP contribution in [0.25, 0.3) is 0 Å². The van der Waals surface area contributed by atoms with E-state index in [2.05, 4.69) is 49.5 Å². The number of hydrogen-bond acceptors (Lipinski definition) is 2. The average molecular weight is 353 g/mol. The molecule has 0 aliphatic carbocycles. The highest BCUT2D eigenvalue weighted by molar-refractivity contribution is 14.0. The quantitative estimate of drug-likeness (QED) is 0.488. The largest absolute Gasteiger partial charge is 0.370 e. The van der Waals surface area contributed by atoms with Crippen LogP contribution in [0.3, 0.4) is 0 Å². The van der Waals surface area contributed by atoms with Gasteiger partial charge in [0.2, 0.25) is 0 Å². The lowest BCUT2D eigenvalue weighted by atomic mass is 10.1. The molecule has 3 nitrogen and oxygen atoms in total. The number of nitrogens with one attached hydrogen (secondary N) is 1. The third-order valence-electron chi connectivity index (χ3n) is 1.86. The SMILES string of the molecule is Cc1ccsc1CN=C(N)NC(C)(C)C.I. The Morgan fingerprint density at radius 2 is 2.12 bits per heavy atom. The molecule has 0 saturated heterocycles. The number of nitrogens with zero attached hydrogens (tertiary/aromatic N) is 1. The Balaban J connectivity index is 0.00000225. The van der Waals surface area contributed by atoms with Gasteiger partial charge in [-0.25, -0.2) is 4.99 Å². The summed E-state index contributed by atoms with van der Waals surface area (Å²) in [5, 5.41) is 5.21. The second kappa shape index (κ2) is 6.44. The van der Waals surface area contributed by atoms with E-state index in [0.29, 0.717) is 12.5 Å². The fourth-order valence-electron chi connectivity index (χ4n) is 1.15. The van der Waals surface area contributed by atoms with Crippen LogP contribution in [-0.2, 0) is 6.54 Å². The van der Waals surface area contributed by atoms with Crippen LogP contribution >= 0.6 is 35.3 Å². The lowest BCUT2D eigenvalue weighted by Crippen LogP contribution is -2.44. The minimum atomic E-state index is -0.0297. The Hall–Kier alpha value is -0.300. The van der Waals surface area contributed by atoms with E-state index < -0.39 is 0 Å². The lowest BCUT2D eigenvalue weighted by Gasteiger charge is -2.20. The first-order valence-corrected chi connectivity index (χ1v) is 5.87. The molecule has 0 spiro atoms. The van der Waals surface area contributed by atoms with Crippen LogP contribution < -0.4 is 11.1 Å². The van der Waals surface area contributed by atoms with Gasteiger partial charge in [0.1, 0.15) is 0 Å². The summed E-state index contributed by atoms with van der Waals surface area (Å²) in [6, 6.07) is 2.10. The Morgan fingerprint density at radius 1 is 1.50 bits per heavy atom. The number of hydrogen-bond donors (Lipinski definition) is 2. The number of nitrogens with two attached hydrogens (primary N) is 1. The molecule has 0 radical (unpaired) electrons. The molecule has 5 heteroatoms. The van der Waals surface area contributed by atoms with Crippen LogP contribution in [0.2, 0.25) is 0 Å². The van der Waals surface area contributed by atoms with E-state index >= 15 is 0 Å². The van der Waals surface area contributed by atoms with Gasteiger partial charge in [-0.1, -0.05) is 0 Å². The van der Waals surface area contributed by atoms with E-state index in [4.69, 9.17) is 5.73 Å². The van der Waals surface area contributed by atoms with Gasteiger partial charge < -0.3 is 11.1 Å². The van der Waals surface area contributed by atoms with Crippen molar-refractivity contribution in [2.45, 2.75) is 39.8 Å². The van der Waals surface area contributed by atoms with Crippen molar-refractivity contribution < 1.29 is 0 Å². The molecule has 0 bridgehead atoms. The van der Waals surface area contributed by atoms with Crippen molar-refractivity contribution in [2.24, 2.45) is 10.7 Å².